The topological polar surface area (TPSA) is 24.9 Å². The van der Waals surface area contributed by atoms with Gasteiger partial charge in [0.1, 0.15) is 0 Å². The van der Waals surface area contributed by atoms with Crippen molar-refractivity contribution in [1.29, 1.82) is 0 Å². The fourth-order valence-corrected chi connectivity index (χ4v) is 1.28. The fourth-order valence-electron chi connectivity index (χ4n) is 1.28. The molecule has 0 saturated carbocycles. The Bertz CT molecular complexity index is 299. The van der Waals surface area contributed by atoms with Crippen molar-refractivity contribution in [3.05, 3.63) is 35.2 Å². The second-order valence-corrected chi connectivity index (χ2v) is 3.45. The number of likely N-dealkylation sites (N-methyl/N-ethyl adjacent to an activating group) is 1. The molecule has 0 bridgehead atoms. The van der Waals surface area contributed by atoms with E-state index in [0.717, 1.165) is 18.7 Å². The average molecular weight is 190 g/mol. The van der Waals surface area contributed by atoms with Gasteiger partial charge in [-0.2, -0.15) is 0 Å². The minimum absolute atomic E-state index is 0.937. The van der Waals surface area contributed by atoms with Crippen molar-refractivity contribution in [3.8, 4) is 0 Å². The van der Waals surface area contributed by atoms with Gasteiger partial charge in [0.2, 0.25) is 0 Å². The van der Waals surface area contributed by atoms with Crippen LogP contribution in [0.15, 0.2) is 23.9 Å². The Labute approximate surface area is 86.1 Å². The highest BCUT2D eigenvalue weighted by atomic mass is 14.8. The lowest BCUT2D eigenvalue weighted by atomic mass is 10.1. The van der Waals surface area contributed by atoms with E-state index in [0.29, 0.717) is 0 Å². The van der Waals surface area contributed by atoms with E-state index < -0.39 is 0 Å². The van der Waals surface area contributed by atoms with Crippen LogP contribution in [0, 0.1) is 6.92 Å². The molecule has 0 unspecified atom stereocenters. The monoisotopic (exact) mass is 190 g/mol. The van der Waals surface area contributed by atoms with Gasteiger partial charge in [0.15, 0.2) is 0 Å². The van der Waals surface area contributed by atoms with Crippen molar-refractivity contribution >= 4 is 6.08 Å². The summed E-state index contributed by atoms with van der Waals surface area (Å²) in [6, 6.07) is 4.14. The van der Waals surface area contributed by atoms with Crippen molar-refractivity contribution in [2.24, 2.45) is 0 Å². The van der Waals surface area contributed by atoms with Crippen LogP contribution >= 0.6 is 0 Å². The second-order valence-electron chi connectivity index (χ2n) is 3.45. The van der Waals surface area contributed by atoms with Gasteiger partial charge in [-0.15, -0.1) is 0 Å². The van der Waals surface area contributed by atoms with Crippen LogP contribution in [0.5, 0.6) is 0 Å². The minimum atomic E-state index is 0.937. The number of rotatable bonds is 4. The summed E-state index contributed by atoms with van der Waals surface area (Å²) in [7, 11) is 1.96. The molecule has 0 amide bonds. The lowest BCUT2D eigenvalue weighted by molar-refractivity contribution is 0.850. The first-order valence-electron chi connectivity index (χ1n) is 5.03. The van der Waals surface area contributed by atoms with E-state index in [2.05, 4.69) is 42.4 Å². The fraction of sp³-hybridized carbons (Fsp3) is 0.417. The Hall–Kier alpha value is -1.15. The molecule has 0 atom stereocenters. The van der Waals surface area contributed by atoms with Crippen LogP contribution in [0.25, 0.3) is 6.08 Å². The summed E-state index contributed by atoms with van der Waals surface area (Å²) in [5, 5.41) is 3.15. The van der Waals surface area contributed by atoms with Gasteiger partial charge in [-0.25, -0.2) is 0 Å². The molecule has 0 aromatic carbocycles. The first-order valence-corrected chi connectivity index (χ1v) is 5.03. The maximum absolute atomic E-state index is 4.34. The predicted octanol–water partition coefficient (Wildman–Crippen LogP) is 2.40. The zero-order valence-corrected chi connectivity index (χ0v) is 9.17. The molecule has 1 N–H and O–H groups in total. The molecule has 1 heterocycles. The average Bonchev–Trinajstić information content (AvgIpc) is 2.20. The molecule has 0 fully saturated rings. The van der Waals surface area contributed by atoms with Gasteiger partial charge < -0.3 is 5.32 Å². The molecule has 0 aliphatic rings. The third-order valence-electron chi connectivity index (χ3n) is 2.14. The van der Waals surface area contributed by atoms with E-state index in [1.807, 2.05) is 13.2 Å². The highest BCUT2D eigenvalue weighted by Crippen LogP contribution is 2.07. The van der Waals surface area contributed by atoms with Gasteiger partial charge in [-0.05, 0) is 38.1 Å². The molecule has 1 aromatic rings. The highest BCUT2D eigenvalue weighted by molar-refractivity contribution is 5.49. The minimum Gasteiger partial charge on any atom is -0.316 e. The van der Waals surface area contributed by atoms with Crippen molar-refractivity contribution in [3.63, 3.8) is 0 Å². The van der Waals surface area contributed by atoms with E-state index in [9.17, 15) is 0 Å². The third kappa shape index (κ3) is 3.30. The van der Waals surface area contributed by atoms with E-state index >= 15 is 0 Å². The summed E-state index contributed by atoms with van der Waals surface area (Å²) < 4.78 is 0. The maximum Gasteiger partial charge on any atom is 0.0629 e. The van der Waals surface area contributed by atoms with Gasteiger partial charge in [0.05, 0.1) is 5.69 Å². The summed E-state index contributed by atoms with van der Waals surface area (Å²) >= 11 is 0. The predicted molar refractivity (Wildman–Crippen MR) is 61.2 cm³/mol. The number of nitrogens with one attached hydrogen (secondary N) is 1. The Balaban J connectivity index is 2.78. The molecule has 1 aromatic heterocycles. The van der Waals surface area contributed by atoms with Crippen molar-refractivity contribution < 1.29 is 0 Å². The molecule has 1 rings (SSSR count). The summed E-state index contributed by atoms with van der Waals surface area (Å²) in [4.78, 5) is 4.34. The molecule has 0 aliphatic carbocycles. The molecular weight excluding hydrogens is 172 g/mol. The molecule has 14 heavy (non-hydrogen) atoms. The molecule has 0 saturated heterocycles. The molecule has 76 valence electrons. The number of hydrogen-bond acceptors (Lipinski definition) is 2. The first kappa shape index (κ1) is 10.9. The summed E-state index contributed by atoms with van der Waals surface area (Å²) in [5.41, 5.74) is 3.63. The molecule has 0 radical (unpaired) electrons. The van der Waals surface area contributed by atoms with Gasteiger partial charge in [0.25, 0.3) is 0 Å². The van der Waals surface area contributed by atoms with Crippen LogP contribution in [-0.2, 0) is 0 Å². The second kappa shape index (κ2) is 5.55. The Kier molecular flexibility index (Phi) is 4.33. The van der Waals surface area contributed by atoms with E-state index in [1.165, 1.54) is 11.1 Å². The van der Waals surface area contributed by atoms with Crippen molar-refractivity contribution in [1.82, 2.24) is 10.3 Å². The largest absolute Gasteiger partial charge is 0.316 e. The Morgan fingerprint density at radius 1 is 1.50 bits per heavy atom. The summed E-state index contributed by atoms with van der Waals surface area (Å²) in [6.07, 6.45) is 5.12. The smallest absolute Gasteiger partial charge is 0.0629 e. The van der Waals surface area contributed by atoms with Crippen LogP contribution in [-0.4, -0.2) is 18.6 Å². The van der Waals surface area contributed by atoms with E-state index in [4.69, 9.17) is 0 Å². The van der Waals surface area contributed by atoms with Gasteiger partial charge in [-0.1, -0.05) is 18.6 Å². The summed E-state index contributed by atoms with van der Waals surface area (Å²) in [5.74, 6) is 0. The molecule has 0 spiro atoms. The lowest BCUT2D eigenvalue weighted by Crippen LogP contribution is -2.09. The lowest BCUT2D eigenvalue weighted by Gasteiger charge is -2.03. The van der Waals surface area contributed by atoms with Crippen LogP contribution < -0.4 is 5.32 Å². The number of nitrogens with zero attached hydrogens (tertiary/aromatic N) is 1. The first-order chi connectivity index (χ1) is 6.76. The maximum atomic E-state index is 4.34. The standard InChI is InChI=1S/C12H18N2/c1-4-11(9-13-3)7-12-6-5-10(2)8-14-12/h5-8,13H,4,9H2,1-3H3/b11-7-. The Morgan fingerprint density at radius 3 is 2.79 bits per heavy atom. The summed E-state index contributed by atoms with van der Waals surface area (Å²) in [6.45, 7) is 5.15. The van der Waals surface area contributed by atoms with Crippen LogP contribution in [0.4, 0.5) is 0 Å². The quantitative estimate of drug-likeness (QED) is 0.788. The number of aryl methyl sites for hydroxylation is 1. The van der Waals surface area contributed by atoms with Gasteiger partial charge >= 0.3 is 0 Å². The Morgan fingerprint density at radius 2 is 2.29 bits per heavy atom. The highest BCUT2D eigenvalue weighted by Gasteiger charge is 1.94. The van der Waals surface area contributed by atoms with Gasteiger partial charge in [-0.3, -0.25) is 4.98 Å². The molecule has 0 aliphatic heterocycles. The van der Waals surface area contributed by atoms with Crippen LogP contribution in [0.3, 0.4) is 0 Å². The third-order valence-corrected chi connectivity index (χ3v) is 2.14. The van der Waals surface area contributed by atoms with Gasteiger partial charge in [0, 0.05) is 12.7 Å². The SMILES string of the molecule is CC/C(=C/c1ccc(C)cn1)CNC. The normalized spacial score (nSPS) is 11.8. The van der Waals surface area contributed by atoms with Crippen LogP contribution in [0.1, 0.15) is 24.6 Å². The van der Waals surface area contributed by atoms with E-state index in [1.54, 1.807) is 0 Å². The zero-order chi connectivity index (χ0) is 10.4. The number of aromatic nitrogens is 1. The zero-order valence-electron chi connectivity index (χ0n) is 9.17. The van der Waals surface area contributed by atoms with Crippen molar-refractivity contribution in [2.75, 3.05) is 13.6 Å². The number of hydrogen-bond donors (Lipinski definition) is 1. The molecular formula is C12H18N2. The van der Waals surface area contributed by atoms with Crippen LogP contribution in [0.2, 0.25) is 0 Å². The molecule has 2 nitrogen and oxygen atoms in total. The van der Waals surface area contributed by atoms with E-state index in [-0.39, 0.29) is 0 Å². The van der Waals surface area contributed by atoms with Crippen molar-refractivity contribution in [2.45, 2.75) is 20.3 Å². The number of pyridine rings is 1. The molecule has 2 heteroatoms.